The van der Waals surface area contributed by atoms with Crippen LogP contribution in [0, 0.1) is 13.8 Å². The quantitative estimate of drug-likeness (QED) is 0.796. The van der Waals surface area contributed by atoms with Crippen molar-refractivity contribution in [3.8, 4) is 0 Å². The Morgan fingerprint density at radius 1 is 1.35 bits per heavy atom. The van der Waals surface area contributed by atoms with Crippen molar-refractivity contribution < 1.29 is 4.79 Å². The molecule has 0 fully saturated rings. The lowest BCUT2D eigenvalue weighted by molar-refractivity contribution is -0.131. The molecule has 0 aliphatic heterocycles. The molecule has 0 aliphatic carbocycles. The summed E-state index contributed by atoms with van der Waals surface area (Å²) >= 11 is 9.29. The van der Waals surface area contributed by atoms with Gasteiger partial charge in [-0.2, -0.15) is 0 Å². The Balaban J connectivity index is 2.20. The van der Waals surface area contributed by atoms with Gasteiger partial charge in [0.1, 0.15) is 6.54 Å². The maximum Gasteiger partial charge on any atom is 0.288 e. The zero-order chi connectivity index (χ0) is 17.1. The molecular weight excluding hydrogens is 382 g/mol. The van der Waals surface area contributed by atoms with Crippen LogP contribution in [0.3, 0.4) is 0 Å². The Kier molecular flexibility index (Phi) is 5.59. The Morgan fingerprint density at radius 2 is 2.00 bits per heavy atom. The molecule has 0 N–H and O–H groups in total. The third kappa shape index (κ3) is 4.00. The Morgan fingerprint density at radius 3 is 2.65 bits per heavy atom. The van der Waals surface area contributed by atoms with Crippen LogP contribution in [-0.2, 0) is 17.9 Å². The highest BCUT2D eigenvalue weighted by molar-refractivity contribution is 9.10. The van der Waals surface area contributed by atoms with Crippen molar-refractivity contribution in [3.05, 3.63) is 61.2 Å². The van der Waals surface area contributed by atoms with Crippen LogP contribution < -0.4 is 5.56 Å². The first-order chi connectivity index (χ1) is 10.8. The van der Waals surface area contributed by atoms with E-state index in [1.165, 1.54) is 4.57 Å². The monoisotopic (exact) mass is 397 g/mol. The van der Waals surface area contributed by atoms with Gasteiger partial charge in [0.2, 0.25) is 5.91 Å². The van der Waals surface area contributed by atoms with Crippen molar-refractivity contribution >= 4 is 33.4 Å². The molecule has 0 radical (unpaired) electrons. The predicted molar refractivity (Wildman–Crippen MR) is 93.6 cm³/mol. The zero-order valence-corrected chi connectivity index (χ0v) is 15.5. The molecule has 1 amide bonds. The number of halogens is 2. The minimum Gasteiger partial charge on any atom is -0.340 e. The number of carbonyl (C=O) groups excluding carboxylic acids is 1. The molecule has 1 heterocycles. The lowest BCUT2D eigenvalue weighted by Crippen LogP contribution is -2.35. The van der Waals surface area contributed by atoms with Crippen molar-refractivity contribution in [1.29, 1.82) is 0 Å². The van der Waals surface area contributed by atoms with E-state index in [1.807, 2.05) is 24.3 Å². The van der Waals surface area contributed by atoms with E-state index in [-0.39, 0.29) is 17.6 Å². The highest BCUT2D eigenvalue weighted by Crippen LogP contribution is 2.17. The molecule has 0 saturated carbocycles. The maximum atomic E-state index is 12.4. The average molecular weight is 399 g/mol. The smallest absolute Gasteiger partial charge is 0.288 e. The highest BCUT2D eigenvalue weighted by Gasteiger charge is 2.16. The van der Waals surface area contributed by atoms with Crippen LogP contribution >= 0.6 is 27.5 Å². The summed E-state index contributed by atoms with van der Waals surface area (Å²) in [5.41, 5.74) is 1.83. The van der Waals surface area contributed by atoms with Crippen LogP contribution in [0.15, 0.2) is 33.5 Å². The summed E-state index contributed by atoms with van der Waals surface area (Å²) in [7, 11) is 1.71. The molecule has 23 heavy (non-hydrogen) atoms. The molecule has 0 aliphatic rings. The first-order valence-electron chi connectivity index (χ1n) is 7.02. The number of likely N-dealkylation sites (N-methyl/N-ethyl adjacent to an activating group) is 1. The van der Waals surface area contributed by atoms with Gasteiger partial charge in [0.15, 0.2) is 5.15 Å². The summed E-state index contributed by atoms with van der Waals surface area (Å²) in [4.78, 5) is 30.1. The van der Waals surface area contributed by atoms with E-state index >= 15 is 0 Å². The number of nitrogens with zero attached hydrogens (tertiary/aromatic N) is 3. The molecule has 0 atom stereocenters. The van der Waals surface area contributed by atoms with Gasteiger partial charge in [-0.3, -0.25) is 14.2 Å². The van der Waals surface area contributed by atoms with E-state index in [0.717, 1.165) is 10.0 Å². The van der Waals surface area contributed by atoms with Gasteiger partial charge >= 0.3 is 0 Å². The van der Waals surface area contributed by atoms with Gasteiger partial charge in [-0.05, 0) is 25.5 Å². The fourth-order valence-electron chi connectivity index (χ4n) is 2.15. The van der Waals surface area contributed by atoms with Gasteiger partial charge in [0, 0.05) is 23.8 Å². The number of benzene rings is 1. The molecule has 5 nitrogen and oxygen atoms in total. The van der Waals surface area contributed by atoms with E-state index in [0.29, 0.717) is 17.9 Å². The number of hydrogen-bond donors (Lipinski definition) is 0. The molecule has 0 bridgehead atoms. The number of aromatic nitrogens is 2. The van der Waals surface area contributed by atoms with Crippen LogP contribution in [0.1, 0.15) is 17.0 Å². The van der Waals surface area contributed by atoms with Crippen molar-refractivity contribution in [1.82, 2.24) is 14.5 Å². The number of hydrogen-bond acceptors (Lipinski definition) is 3. The molecular formula is C16H17BrClN3O2. The van der Waals surface area contributed by atoms with Gasteiger partial charge < -0.3 is 4.90 Å². The average Bonchev–Trinajstić information content (AvgIpc) is 2.51. The minimum atomic E-state index is -0.447. The maximum absolute atomic E-state index is 12.4. The van der Waals surface area contributed by atoms with Crippen molar-refractivity contribution in [2.75, 3.05) is 7.05 Å². The van der Waals surface area contributed by atoms with Crippen molar-refractivity contribution in [2.45, 2.75) is 26.9 Å². The number of carbonyl (C=O) groups is 1. The van der Waals surface area contributed by atoms with E-state index in [4.69, 9.17) is 11.6 Å². The lowest BCUT2D eigenvalue weighted by atomic mass is 10.2. The summed E-state index contributed by atoms with van der Waals surface area (Å²) in [6.45, 7) is 3.90. The third-order valence-corrected chi connectivity index (χ3v) is 4.72. The van der Waals surface area contributed by atoms with Crippen molar-refractivity contribution in [3.63, 3.8) is 0 Å². The standard InChI is InChI=1S/C16H17BrClN3O2/c1-10-11(2)21(16(23)15(18)19-10)9-14(22)20(3)8-12-6-4-5-7-13(12)17/h4-7H,8-9H2,1-3H3. The SMILES string of the molecule is Cc1nc(Cl)c(=O)n(CC(=O)N(C)Cc2ccccc2Br)c1C. The van der Waals surface area contributed by atoms with Crippen LogP contribution in [0.5, 0.6) is 0 Å². The Labute approximate surface area is 148 Å². The molecule has 2 rings (SSSR count). The first-order valence-corrected chi connectivity index (χ1v) is 8.19. The molecule has 0 saturated heterocycles. The van der Waals surface area contributed by atoms with Crippen molar-refractivity contribution in [2.24, 2.45) is 0 Å². The summed E-state index contributed by atoms with van der Waals surface area (Å²) in [5, 5.41) is -0.116. The van der Waals surface area contributed by atoms with E-state index in [9.17, 15) is 9.59 Å². The molecule has 122 valence electrons. The van der Waals surface area contributed by atoms with Crippen LogP contribution in [0.4, 0.5) is 0 Å². The summed E-state index contributed by atoms with van der Waals surface area (Å²) < 4.78 is 2.31. The highest BCUT2D eigenvalue weighted by atomic mass is 79.9. The molecule has 1 aromatic heterocycles. The summed E-state index contributed by atoms with van der Waals surface area (Å²) in [6.07, 6.45) is 0. The molecule has 7 heteroatoms. The largest absolute Gasteiger partial charge is 0.340 e. The summed E-state index contributed by atoms with van der Waals surface area (Å²) in [6, 6.07) is 7.70. The lowest BCUT2D eigenvalue weighted by Gasteiger charge is -2.20. The Bertz CT molecular complexity index is 804. The fraction of sp³-hybridized carbons (Fsp3) is 0.312. The number of amides is 1. The summed E-state index contributed by atoms with van der Waals surface area (Å²) in [5.74, 6) is -0.174. The van der Waals surface area contributed by atoms with Gasteiger partial charge in [0.05, 0.1) is 5.69 Å². The predicted octanol–water partition coefficient (Wildman–Crippen LogP) is 2.93. The van der Waals surface area contributed by atoms with Gasteiger partial charge in [-0.15, -0.1) is 0 Å². The number of rotatable bonds is 4. The second-order valence-electron chi connectivity index (χ2n) is 5.31. The van der Waals surface area contributed by atoms with Crippen LogP contribution in [0.2, 0.25) is 5.15 Å². The van der Waals surface area contributed by atoms with Crippen LogP contribution in [-0.4, -0.2) is 27.4 Å². The fourth-order valence-corrected chi connectivity index (χ4v) is 2.79. The topological polar surface area (TPSA) is 55.2 Å². The molecule has 0 spiro atoms. The van der Waals surface area contributed by atoms with E-state index in [2.05, 4.69) is 20.9 Å². The molecule has 1 aromatic carbocycles. The van der Waals surface area contributed by atoms with E-state index < -0.39 is 5.56 Å². The molecule has 2 aromatic rings. The van der Waals surface area contributed by atoms with Gasteiger partial charge in [-0.25, -0.2) is 4.98 Å². The van der Waals surface area contributed by atoms with E-state index in [1.54, 1.807) is 25.8 Å². The minimum absolute atomic E-state index is 0.0608. The third-order valence-electron chi connectivity index (χ3n) is 3.70. The normalized spacial score (nSPS) is 10.7. The zero-order valence-electron chi connectivity index (χ0n) is 13.1. The second-order valence-corrected chi connectivity index (χ2v) is 6.52. The first kappa shape index (κ1) is 17.7. The second kappa shape index (κ2) is 7.27. The number of aryl methyl sites for hydroxylation is 1. The Hall–Kier alpha value is -1.66. The van der Waals surface area contributed by atoms with Gasteiger partial charge in [0.25, 0.3) is 5.56 Å². The molecule has 0 unspecified atom stereocenters. The van der Waals surface area contributed by atoms with Gasteiger partial charge in [-0.1, -0.05) is 45.7 Å². The van der Waals surface area contributed by atoms with Crippen LogP contribution in [0.25, 0.3) is 0 Å².